The molecule has 1 heterocycles. The van der Waals surface area contributed by atoms with E-state index in [1.54, 1.807) is 0 Å². The molecule has 0 saturated heterocycles. The summed E-state index contributed by atoms with van der Waals surface area (Å²) in [5.74, 6) is 6.35. The van der Waals surface area contributed by atoms with Crippen molar-refractivity contribution in [1.82, 2.24) is 9.55 Å². The maximum Gasteiger partial charge on any atom is 0.147 e. The van der Waals surface area contributed by atoms with Crippen LogP contribution >= 0.6 is 23.2 Å². The Balaban J connectivity index is 1.46. The van der Waals surface area contributed by atoms with Crippen LogP contribution in [-0.2, 0) is 16.7 Å². The first-order chi connectivity index (χ1) is 21.0. The zero-order valence-electron chi connectivity index (χ0n) is 26.0. The number of nitrogens with zero attached hydrogens (tertiary/aromatic N) is 2. The molecule has 4 aromatic rings. The van der Waals surface area contributed by atoms with Gasteiger partial charge in [-0.2, -0.15) is 0 Å². The van der Waals surface area contributed by atoms with E-state index in [1.807, 2.05) is 32.1 Å². The summed E-state index contributed by atoms with van der Waals surface area (Å²) in [6.45, 7) is 10.7. The molecule has 5 rings (SSSR count). The number of hydrogen-bond donors (Lipinski definition) is 2. The second-order valence-corrected chi connectivity index (χ2v) is 13.2. The highest BCUT2D eigenvalue weighted by molar-refractivity contribution is 6.35. The maximum absolute atomic E-state index is 6.54. The number of hydrogen-bond acceptors (Lipinski definition) is 4. The lowest BCUT2D eigenvalue weighted by Crippen LogP contribution is -2.25. The smallest absolute Gasteiger partial charge is 0.147 e. The number of benzene rings is 3. The van der Waals surface area contributed by atoms with Crippen LogP contribution in [0.3, 0.4) is 0 Å². The van der Waals surface area contributed by atoms with Gasteiger partial charge in [-0.3, -0.25) is 4.84 Å². The fourth-order valence-electron chi connectivity index (χ4n) is 5.25. The van der Waals surface area contributed by atoms with Crippen LogP contribution in [0.5, 0.6) is 0 Å². The van der Waals surface area contributed by atoms with Crippen molar-refractivity contribution in [1.29, 1.82) is 0 Å². The van der Waals surface area contributed by atoms with Crippen molar-refractivity contribution in [2.24, 2.45) is 5.90 Å². The lowest BCUT2D eigenvalue weighted by molar-refractivity contribution is 0.0706. The quantitative estimate of drug-likeness (QED) is 0.143. The van der Waals surface area contributed by atoms with E-state index in [-0.39, 0.29) is 11.6 Å². The Kier molecular flexibility index (Phi) is 9.81. The molecule has 5 nitrogen and oxygen atoms in total. The van der Waals surface area contributed by atoms with E-state index in [2.05, 4.69) is 104 Å². The predicted octanol–water partition coefficient (Wildman–Crippen LogP) is 9.89. The molecule has 0 bridgehead atoms. The molecule has 0 radical (unpaired) electrons. The molecule has 0 fully saturated rings. The third-order valence-corrected chi connectivity index (χ3v) is 8.58. The standard InChI is InChI=1S/C37H40Cl2N4O/c1-6-36(44-40)41-31-15-17-32(18-16-31)43-23-34(28-19-24(2)33(39)22-30(38)21-28)42-35(43)20-25-7-9-26(10-8-25)27-11-13-29(14-12-27)37(3,4)5/h7-19,22-23,36,41H,6,20-21,40H2,1-5H3. The SMILES string of the molecule is CCC(Nc1ccc(-n2cc(C3=CC(C)=C(Cl)C=C(Cl)C3)nc2Cc2ccc(-c3ccc(C(C)(C)C)cc3)cc2)cc1)ON. The number of nitrogens with two attached hydrogens (primary N) is 1. The Morgan fingerprint density at radius 2 is 1.57 bits per heavy atom. The molecule has 0 aliphatic heterocycles. The predicted molar refractivity (Wildman–Crippen MR) is 185 cm³/mol. The fraction of sp³-hybridized carbons (Fsp3) is 0.270. The topological polar surface area (TPSA) is 65.1 Å². The Morgan fingerprint density at radius 1 is 0.932 bits per heavy atom. The van der Waals surface area contributed by atoms with Crippen LogP contribution in [0.1, 0.15) is 70.1 Å². The summed E-state index contributed by atoms with van der Waals surface area (Å²) in [5, 5.41) is 4.63. The Morgan fingerprint density at radius 3 is 2.16 bits per heavy atom. The van der Waals surface area contributed by atoms with Crippen LogP contribution in [-0.4, -0.2) is 15.8 Å². The molecule has 7 heteroatoms. The normalized spacial score (nSPS) is 14.6. The highest BCUT2D eigenvalue weighted by atomic mass is 35.5. The molecule has 1 aliphatic rings. The number of aromatic nitrogens is 2. The molecule has 1 unspecified atom stereocenters. The van der Waals surface area contributed by atoms with E-state index in [9.17, 15) is 0 Å². The summed E-state index contributed by atoms with van der Waals surface area (Å²) >= 11 is 13.0. The number of anilines is 1. The van der Waals surface area contributed by atoms with Crippen LogP contribution < -0.4 is 11.2 Å². The van der Waals surface area contributed by atoms with Crippen LogP contribution in [0.4, 0.5) is 5.69 Å². The van der Waals surface area contributed by atoms with Gasteiger partial charge < -0.3 is 9.88 Å². The Hall–Kier alpha value is -3.61. The van der Waals surface area contributed by atoms with Gasteiger partial charge in [-0.05, 0) is 82.5 Å². The van der Waals surface area contributed by atoms with Crippen molar-refractivity contribution in [3.05, 3.63) is 129 Å². The summed E-state index contributed by atoms with van der Waals surface area (Å²) in [4.78, 5) is 10.1. The lowest BCUT2D eigenvalue weighted by atomic mass is 9.86. The third-order valence-electron chi connectivity index (χ3n) is 7.93. The molecule has 3 aromatic carbocycles. The van der Waals surface area contributed by atoms with Crippen molar-refractivity contribution in [3.8, 4) is 16.8 Å². The Bertz CT molecular complexity index is 1690. The summed E-state index contributed by atoms with van der Waals surface area (Å²) in [6, 6.07) is 25.8. The van der Waals surface area contributed by atoms with Gasteiger partial charge in [0.15, 0.2) is 0 Å². The third kappa shape index (κ3) is 7.54. The molecule has 1 aliphatic carbocycles. The first-order valence-electron chi connectivity index (χ1n) is 15.0. The van der Waals surface area contributed by atoms with Gasteiger partial charge >= 0.3 is 0 Å². The summed E-state index contributed by atoms with van der Waals surface area (Å²) in [6.07, 6.45) is 7.71. The second kappa shape index (κ2) is 13.6. The molecule has 3 N–H and O–H groups in total. The van der Waals surface area contributed by atoms with Gasteiger partial charge in [-0.15, -0.1) is 0 Å². The van der Waals surface area contributed by atoms with Crippen LogP contribution in [0.25, 0.3) is 22.4 Å². The first-order valence-corrected chi connectivity index (χ1v) is 15.7. The molecule has 0 amide bonds. The van der Waals surface area contributed by atoms with E-state index in [1.165, 1.54) is 22.3 Å². The summed E-state index contributed by atoms with van der Waals surface area (Å²) in [5.41, 5.74) is 9.83. The Labute approximate surface area is 271 Å². The van der Waals surface area contributed by atoms with Gasteiger partial charge in [-0.25, -0.2) is 10.9 Å². The monoisotopic (exact) mass is 626 g/mol. The average molecular weight is 628 g/mol. The number of nitrogens with one attached hydrogen (secondary N) is 1. The second-order valence-electron chi connectivity index (χ2n) is 12.3. The first kappa shape index (κ1) is 31.8. The molecule has 1 atom stereocenters. The largest absolute Gasteiger partial charge is 0.359 e. The average Bonchev–Trinajstić information content (AvgIpc) is 3.37. The number of rotatable bonds is 9. The maximum atomic E-state index is 6.54. The van der Waals surface area contributed by atoms with Crippen molar-refractivity contribution in [2.45, 2.75) is 65.5 Å². The van der Waals surface area contributed by atoms with Crippen LogP contribution in [0.2, 0.25) is 0 Å². The van der Waals surface area contributed by atoms with Gasteiger partial charge in [0.2, 0.25) is 0 Å². The number of allylic oxidation sites excluding steroid dienone is 6. The van der Waals surface area contributed by atoms with Gasteiger partial charge in [0, 0.05) is 40.5 Å². The minimum atomic E-state index is -0.251. The van der Waals surface area contributed by atoms with E-state index >= 15 is 0 Å². The molecular weight excluding hydrogens is 587 g/mol. The van der Waals surface area contributed by atoms with Crippen molar-refractivity contribution < 1.29 is 4.84 Å². The molecule has 1 aromatic heterocycles. The molecule has 228 valence electrons. The zero-order chi connectivity index (χ0) is 31.4. The van der Waals surface area contributed by atoms with Gasteiger partial charge in [-0.1, -0.05) is 106 Å². The van der Waals surface area contributed by atoms with Gasteiger partial charge in [0.1, 0.15) is 12.1 Å². The number of halogens is 2. The van der Waals surface area contributed by atoms with E-state index < -0.39 is 0 Å². The summed E-state index contributed by atoms with van der Waals surface area (Å²) < 4.78 is 2.15. The van der Waals surface area contributed by atoms with Gasteiger partial charge in [0.05, 0.1) is 5.69 Å². The molecule has 0 saturated carbocycles. The van der Waals surface area contributed by atoms with Crippen LogP contribution in [0, 0.1) is 0 Å². The minimum absolute atomic E-state index is 0.131. The van der Waals surface area contributed by atoms with E-state index in [0.717, 1.165) is 40.5 Å². The van der Waals surface area contributed by atoms with Gasteiger partial charge in [0.25, 0.3) is 0 Å². The molecule has 0 spiro atoms. The fourth-order valence-corrected chi connectivity index (χ4v) is 5.74. The van der Waals surface area contributed by atoms with Crippen molar-refractivity contribution >= 4 is 34.5 Å². The van der Waals surface area contributed by atoms with E-state index in [4.69, 9.17) is 38.9 Å². The van der Waals surface area contributed by atoms with Crippen LogP contribution in [0.15, 0.2) is 107 Å². The minimum Gasteiger partial charge on any atom is -0.359 e. The van der Waals surface area contributed by atoms with Crippen molar-refractivity contribution in [2.75, 3.05) is 5.32 Å². The highest BCUT2D eigenvalue weighted by Gasteiger charge is 2.18. The van der Waals surface area contributed by atoms with Crippen molar-refractivity contribution in [3.63, 3.8) is 0 Å². The summed E-state index contributed by atoms with van der Waals surface area (Å²) in [7, 11) is 0. The number of imidazole rings is 1. The molecular formula is C37H40Cl2N4O. The highest BCUT2D eigenvalue weighted by Crippen LogP contribution is 2.33. The van der Waals surface area contributed by atoms with E-state index in [0.29, 0.717) is 22.9 Å². The zero-order valence-corrected chi connectivity index (χ0v) is 27.5. The lowest BCUT2D eigenvalue weighted by Gasteiger charge is -2.19. The molecule has 44 heavy (non-hydrogen) atoms.